The minimum Gasteiger partial charge on any atom is -0.377 e. The molecular formula is C26H28N8O3. The molecule has 0 atom stereocenters. The summed E-state index contributed by atoms with van der Waals surface area (Å²) < 4.78 is 7.13. The molecule has 0 saturated carbocycles. The lowest BCUT2D eigenvalue weighted by Crippen LogP contribution is -2.60. The molecule has 2 saturated heterocycles. The molecule has 6 heterocycles. The molecule has 37 heavy (non-hydrogen) atoms. The molecular weight excluding hydrogens is 472 g/mol. The van der Waals surface area contributed by atoms with Crippen LogP contribution in [0.1, 0.15) is 28.9 Å². The first-order chi connectivity index (χ1) is 17.9. The van der Waals surface area contributed by atoms with Gasteiger partial charge in [0.2, 0.25) is 5.91 Å². The number of H-pyrrole nitrogens is 1. The van der Waals surface area contributed by atoms with Crippen LogP contribution in [-0.4, -0.2) is 73.3 Å². The van der Waals surface area contributed by atoms with Gasteiger partial charge in [0.25, 0.3) is 5.91 Å². The van der Waals surface area contributed by atoms with Gasteiger partial charge in [-0.3, -0.25) is 24.2 Å². The minimum absolute atomic E-state index is 0.0232. The fraction of sp³-hybridized carbons (Fsp3) is 0.346. The Morgan fingerprint density at radius 1 is 1.14 bits per heavy atom. The summed E-state index contributed by atoms with van der Waals surface area (Å²) in [5.74, 6) is -0.418. The van der Waals surface area contributed by atoms with E-state index in [2.05, 4.69) is 35.6 Å². The van der Waals surface area contributed by atoms with Gasteiger partial charge in [-0.25, -0.2) is 4.98 Å². The van der Waals surface area contributed by atoms with Gasteiger partial charge in [-0.15, -0.1) is 0 Å². The Morgan fingerprint density at radius 3 is 2.76 bits per heavy atom. The number of likely N-dealkylation sites (tertiary alicyclic amines) is 1. The molecule has 190 valence electrons. The van der Waals surface area contributed by atoms with Crippen LogP contribution in [0.15, 0.2) is 43.0 Å². The Balaban J connectivity index is 1.14. The second kappa shape index (κ2) is 9.09. The monoisotopic (exact) mass is 500 g/mol. The predicted octanol–water partition coefficient (Wildman–Crippen LogP) is 2.72. The van der Waals surface area contributed by atoms with Crippen molar-refractivity contribution < 1.29 is 14.3 Å². The third kappa shape index (κ3) is 4.47. The summed E-state index contributed by atoms with van der Waals surface area (Å²) in [5, 5.41) is 10.8. The Morgan fingerprint density at radius 2 is 2.00 bits per heavy atom. The highest BCUT2D eigenvalue weighted by molar-refractivity contribution is 6.06. The molecule has 2 amide bonds. The van der Waals surface area contributed by atoms with E-state index in [1.807, 2.05) is 19.3 Å². The van der Waals surface area contributed by atoms with E-state index in [1.54, 1.807) is 36.1 Å². The third-order valence-corrected chi connectivity index (χ3v) is 7.18. The number of aromatic amines is 1. The van der Waals surface area contributed by atoms with Crippen molar-refractivity contribution in [3.63, 3.8) is 0 Å². The molecule has 0 aliphatic carbocycles. The van der Waals surface area contributed by atoms with Gasteiger partial charge in [0.05, 0.1) is 66.0 Å². The average Bonchev–Trinajstić information content (AvgIpc) is 3.58. The second-order valence-electron chi connectivity index (χ2n) is 9.85. The number of carbonyl (C=O) groups excluding carboxylic acids is 2. The number of amides is 2. The smallest absolute Gasteiger partial charge is 0.257 e. The van der Waals surface area contributed by atoms with Crippen LogP contribution in [-0.2, 0) is 16.6 Å². The number of hydrogen-bond acceptors (Lipinski definition) is 7. The summed E-state index contributed by atoms with van der Waals surface area (Å²) in [4.78, 5) is 40.0. The molecule has 1 spiro atoms. The summed E-state index contributed by atoms with van der Waals surface area (Å²) in [6.45, 7) is 4.39. The summed E-state index contributed by atoms with van der Waals surface area (Å²) >= 11 is 0. The highest BCUT2D eigenvalue weighted by Gasteiger charge is 2.47. The first kappa shape index (κ1) is 23.3. The van der Waals surface area contributed by atoms with Gasteiger partial charge in [0.1, 0.15) is 5.65 Å². The zero-order chi connectivity index (χ0) is 25.6. The number of nitrogens with one attached hydrogen (secondary N) is 3. The molecule has 3 N–H and O–H groups in total. The average molecular weight is 501 g/mol. The maximum absolute atomic E-state index is 13.1. The van der Waals surface area contributed by atoms with Crippen molar-refractivity contribution >= 4 is 34.2 Å². The standard InChI is InChI=1S/C26H28N8O3/c1-16-21(8-20(11-27-16)30-23(35)13-34-5-3-4-26(34)14-37-15-26)32-25(36)18-6-17-7-22(31-24(17)28-9-18)19-10-29-33(2)12-19/h6-12H,3-5,13-15H2,1-2H3,(H,28,31)(H,30,35)(H,32,36). The Hall–Kier alpha value is -4.09. The highest BCUT2D eigenvalue weighted by Crippen LogP contribution is 2.35. The molecule has 2 aliphatic heterocycles. The third-order valence-electron chi connectivity index (χ3n) is 7.18. The molecule has 2 fully saturated rings. The van der Waals surface area contributed by atoms with E-state index in [1.165, 1.54) is 6.20 Å². The molecule has 4 aromatic heterocycles. The number of carbonyl (C=O) groups is 2. The van der Waals surface area contributed by atoms with Crippen LogP contribution in [0.3, 0.4) is 0 Å². The summed E-state index contributed by atoms with van der Waals surface area (Å²) in [6, 6.07) is 5.46. The number of fused-ring (bicyclic) bond motifs is 1. The Labute approximate surface area is 213 Å². The van der Waals surface area contributed by atoms with Gasteiger partial charge in [-0.05, 0) is 44.5 Å². The normalized spacial score (nSPS) is 16.7. The minimum atomic E-state index is -0.309. The number of nitrogens with zero attached hydrogens (tertiary/aromatic N) is 5. The molecule has 11 nitrogen and oxygen atoms in total. The van der Waals surface area contributed by atoms with Crippen molar-refractivity contribution in [3.05, 3.63) is 54.2 Å². The topological polar surface area (TPSA) is 130 Å². The number of anilines is 2. The van der Waals surface area contributed by atoms with E-state index < -0.39 is 0 Å². The SMILES string of the molecule is Cc1ncc(NC(=O)CN2CCCC23COC3)cc1NC(=O)c1cnc2[nH]c(-c3cnn(C)c3)cc2c1. The van der Waals surface area contributed by atoms with E-state index in [-0.39, 0.29) is 17.4 Å². The highest BCUT2D eigenvalue weighted by atomic mass is 16.5. The lowest BCUT2D eigenvalue weighted by atomic mass is 9.94. The molecule has 0 unspecified atom stereocenters. The fourth-order valence-electron chi connectivity index (χ4n) is 5.06. The van der Waals surface area contributed by atoms with Crippen molar-refractivity contribution in [1.29, 1.82) is 0 Å². The van der Waals surface area contributed by atoms with E-state index in [9.17, 15) is 9.59 Å². The van der Waals surface area contributed by atoms with Crippen molar-refractivity contribution in [1.82, 2.24) is 29.6 Å². The van der Waals surface area contributed by atoms with Crippen LogP contribution in [0.5, 0.6) is 0 Å². The van der Waals surface area contributed by atoms with Crippen molar-refractivity contribution in [3.8, 4) is 11.3 Å². The zero-order valence-electron chi connectivity index (χ0n) is 20.7. The van der Waals surface area contributed by atoms with Crippen molar-refractivity contribution in [2.45, 2.75) is 25.3 Å². The Kier molecular flexibility index (Phi) is 5.73. The van der Waals surface area contributed by atoms with Crippen LogP contribution in [0.2, 0.25) is 0 Å². The van der Waals surface area contributed by atoms with E-state index >= 15 is 0 Å². The fourth-order valence-corrected chi connectivity index (χ4v) is 5.06. The largest absolute Gasteiger partial charge is 0.377 e. The number of rotatable bonds is 6. The molecule has 2 aliphatic rings. The number of ether oxygens (including phenoxy) is 1. The van der Waals surface area contributed by atoms with Gasteiger partial charge >= 0.3 is 0 Å². The van der Waals surface area contributed by atoms with Crippen LogP contribution in [0.25, 0.3) is 22.3 Å². The summed E-state index contributed by atoms with van der Waals surface area (Å²) in [7, 11) is 1.86. The summed E-state index contributed by atoms with van der Waals surface area (Å²) in [6.07, 6.45) is 8.95. The molecule has 0 aromatic carbocycles. The lowest BCUT2D eigenvalue weighted by molar-refractivity contribution is -0.135. The Bertz CT molecular complexity index is 1500. The molecule has 0 bridgehead atoms. The maximum Gasteiger partial charge on any atom is 0.257 e. The predicted molar refractivity (Wildman–Crippen MR) is 138 cm³/mol. The van der Waals surface area contributed by atoms with E-state index in [4.69, 9.17) is 4.74 Å². The van der Waals surface area contributed by atoms with Gasteiger partial charge in [-0.2, -0.15) is 5.10 Å². The molecule has 0 radical (unpaired) electrons. The van der Waals surface area contributed by atoms with Gasteiger partial charge in [-0.1, -0.05) is 0 Å². The zero-order valence-corrected chi connectivity index (χ0v) is 20.7. The quantitative estimate of drug-likeness (QED) is 0.371. The summed E-state index contributed by atoms with van der Waals surface area (Å²) in [5.41, 5.74) is 4.64. The van der Waals surface area contributed by atoms with Gasteiger partial charge in [0.15, 0.2) is 0 Å². The van der Waals surface area contributed by atoms with Gasteiger partial charge in [0, 0.05) is 30.4 Å². The van der Waals surface area contributed by atoms with Crippen molar-refractivity contribution in [2.75, 3.05) is 36.9 Å². The first-order valence-corrected chi connectivity index (χ1v) is 12.3. The maximum atomic E-state index is 13.1. The van der Waals surface area contributed by atoms with Crippen LogP contribution in [0.4, 0.5) is 11.4 Å². The van der Waals surface area contributed by atoms with E-state index in [0.717, 1.165) is 36.0 Å². The number of pyridine rings is 2. The number of hydrogen-bond donors (Lipinski definition) is 3. The van der Waals surface area contributed by atoms with Crippen LogP contribution < -0.4 is 10.6 Å². The van der Waals surface area contributed by atoms with Gasteiger partial charge < -0.3 is 20.4 Å². The second-order valence-corrected chi connectivity index (χ2v) is 9.85. The van der Waals surface area contributed by atoms with E-state index in [0.29, 0.717) is 48.0 Å². The van der Waals surface area contributed by atoms with Crippen molar-refractivity contribution in [2.24, 2.45) is 7.05 Å². The number of aryl methyl sites for hydroxylation is 2. The van der Waals surface area contributed by atoms with Crippen LogP contribution >= 0.6 is 0 Å². The molecule has 4 aromatic rings. The van der Waals surface area contributed by atoms with Crippen LogP contribution in [0, 0.1) is 6.92 Å². The lowest BCUT2D eigenvalue weighted by Gasteiger charge is -2.44. The number of aromatic nitrogens is 5. The molecule has 11 heteroatoms. The molecule has 6 rings (SSSR count). The first-order valence-electron chi connectivity index (χ1n) is 12.3.